The van der Waals surface area contributed by atoms with Crippen molar-refractivity contribution >= 4 is 11.6 Å². The van der Waals surface area contributed by atoms with Gasteiger partial charge in [-0.3, -0.25) is 0 Å². The number of hydrogen-bond donors (Lipinski definition) is 1. The number of rotatable bonds is 4. The molecule has 0 aliphatic heterocycles. The molecule has 0 spiro atoms. The predicted molar refractivity (Wildman–Crippen MR) is 79.5 cm³/mol. The molecule has 0 fully saturated rings. The third-order valence-electron chi connectivity index (χ3n) is 2.96. The van der Waals surface area contributed by atoms with Crippen molar-refractivity contribution in [3.8, 4) is 11.8 Å². The van der Waals surface area contributed by atoms with Crippen LogP contribution in [0.4, 0.5) is 4.39 Å². The van der Waals surface area contributed by atoms with Crippen LogP contribution in [0.5, 0.6) is 5.75 Å². The molecule has 0 unspecified atom stereocenters. The van der Waals surface area contributed by atoms with Gasteiger partial charge in [0.2, 0.25) is 0 Å². The molecular formula is C16H14ClFN2O. The molecule has 21 heavy (non-hydrogen) atoms. The van der Waals surface area contributed by atoms with Crippen molar-refractivity contribution < 1.29 is 9.13 Å². The number of hydrogen-bond acceptors (Lipinski definition) is 3. The fourth-order valence-corrected chi connectivity index (χ4v) is 2.12. The monoisotopic (exact) mass is 304 g/mol. The molecule has 0 saturated heterocycles. The Morgan fingerprint density at radius 2 is 2.10 bits per heavy atom. The number of benzene rings is 2. The van der Waals surface area contributed by atoms with Crippen molar-refractivity contribution in [1.29, 1.82) is 5.26 Å². The molecule has 0 aliphatic carbocycles. The summed E-state index contributed by atoms with van der Waals surface area (Å²) < 4.78 is 18.9. The van der Waals surface area contributed by atoms with Gasteiger partial charge in [0.1, 0.15) is 18.2 Å². The summed E-state index contributed by atoms with van der Waals surface area (Å²) in [5.74, 6) is 0.0230. The van der Waals surface area contributed by atoms with Gasteiger partial charge in [0.25, 0.3) is 0 Å². The van der Waals surface area contributed by atoms with Gasteiger partial charge in [-0.25, -0.2) is 4.39 Å². The smallest absolute Gasteiger partial charge is 0.138 e. The van der Waals surface area contributed by atoms with E-state index in [0.29, 0.717) is 16.3 Å². The normalized spacial score (nSPS) is 11.8. The van der Waals surface area contributed by atoms with Crippen molar-refractivity contribution in [2.24, 2.45) is 5.73 Å². The van der Waals surface area contributed by atoms with E-state index in [9.17, 15) is 4.39 Å². The fourth-order valence-electron chi connectivity index (χ4n) is 1.88. The van der Waals surface area contributed by atoms with Gasteiger partial charge in [0, 0.05) is 6.04 Å². The summed E-state index contributed by atoms with van der Waals surface area (Å²) in [7, 11) is 0. The summed E-state index contributed by atoms with van der Waals surface area (Å²) in [5.41, 5.74) is 7.51. The maximum atomic E-state index is 13.3. The Kier molecular flexibility index (Phi) is 4.79. The third kappa shape index (κ3) is 3.94. The Hall–Kier alpha value is -2.09. The Morgan fingerprint density at radius 1 is 1.33 bits per heavy atom. The lowest BCUT2D eigenvalue weighted by molar-refractivity contribution is 0.305. The number of nitrogens with two attached hydrogens (primary N) is 1. The van der Waals surface area contributed by atoms with Gasteiger partial charge in [-0.2, -0.15) is 5.26 Å². The van der Waals surface area contributed by atoms with E-state index in [2.05, 4.69) is 0 Å². The van der Waals surface area contributed by atoms with E-state index in [0.717, 1.165) is 5.56 Å². The molecule has 2 aromatic rings. The van der Waals surface area contributed by atoms with Crippen molar-refractivity contribution in [3.63, 3.8) is 0 Å². The van der Waals surface area contributed by atoms with E-state index in [1.165, 1.54) is 12.1 Å². The minimum Gasteiger partial charge on any atom is -0.487 e. The maximum Gasteiger partial charge on any atom is 0.138 e. The highest BCUT2D eigenvalue weighted by atomic mass is 35.5. The zero-order valence-electron chi connectivity index (χ0n) is 11.4. The molecule has 0 aliphatic rings. The zero-order chi connectivity index (χ0) is 15.4. The number of halogens is 2. The van der Waals surface area contributed by atoms with Gasteiger partial charge in [0.05, 0.1) is 16.7 Å². The van der Waals surface area contributed by atoms with E-state index in [-0.39, 0.29) is 18.2 Å². The summed E-state index contributed by atoms with van der Waals surface area (Å²) in [4.78, 5) is 0. The van der Waals surface area contributed by atoms with Crippen LogP contribution < -0.4 is 10.5 Å². The first-order valence-electron chi connectivity index (χ1n) is 6.37. The number of nitrogens with zero attached hydrogens (tertiary/aromatic N) is 1. The van der Waals surface area contributed by atoms with Crippen LogP contribution in [-0.2, 0) is 6.61 Å². The van der Waals surface area contributed by atoms with Crippen LogP contribution in [0.3, 0.4) is 0 Å². The quantitative estimate of drug-likeness (QED) is 0.930. The van der Waals surface area contributed by atoms with Gasteiger partial charge in [0.15, 0.2) is 0 Å². The summed E-state index contributed by atoms with van der Waals surface area (Å²) in [6.07, 6.45) is 0. The highest BCUT2D eigenvalue weighted by Crippen LogP contribution is 2.28. The van der Waals surface area contributed by atoms with Gasteiger partial charge >= 0.3 is 0 Å². The topological polar surface area (TPSA) is 59.0 Å². The van der Waals surface area contributed by atoms with Crippen LogP contribution >= 0.6 is 11.6 Å². The largest absolute Gasteiger partial charge is 0.487 e. The highest BCUT2D eigenvalue weighted by molar-refractivity contribution is 6.32. The lowest BCUT2D eigenvalue weighted by atomic mass is 10.1. The number of nitriles is 1. The highest BCUT2D eigenvalue weighted by Gasteiger charge is 2.07. The van der Waals surface area contributed by atoms with Crippen molar-refractivity contribution in [2.45, 2.75) is 19.6 Å². The van der Waals surface area contributed by atoms with Crippen LogP contribution in [0.15, 0.2) is 36.4 Å². The third-order valence-corrected chi connectivity index (χ3v) is 3.26. The minimum absolute atomic E-state index is 0.113. The van der Waals surface area contributed by atoms with Crippen LogP contribution in [0, 0.1) is 17.1 Å². The first-order valence-corrected chi connectivity index (χ1v) is 6.75. The van der Waals surface area contributed by atoms with Crippen LogP contribution in [0.2, 0.25) is 5.02 Å². The zero-order valence-corrected chi connectivity index (χ0v) is 12.2. The van der Waals surface area contributed by atoms with Crippen molar-refractivity contribution in [1.82, 2.24) is 0 Å². The summed E-state index contributed by atoms with van der Waals surface area (Å²) in [5, 5.41) is 9.25. The Morgan fingerprint density at radius 3 is 2.71 bits per heavy atom. The van der Waals surface area contributed by atoms with E-state index in [1.807, 2.05) is 19.1 Å². The minimum atomic E-state index is -0.467. The van der Waals surface area contributed by atoms with Crippen LogP contribution in [-0.4, -0.2) is 0 Å². The first-order chi connectivity index (χ1) is 9.99. The second kappa shape index (κ2) is 6.57. The molecule has 2 aromatic carbocycles. The standard InChI is InChI=1S/C16H14ClFN2O/c1-10(20)13-2-3-16(15(17)7-13)21-9-12-4-11(8-19)5-14(18)6-12/h2-7,10H,9,20H2,1H3/t10-/m1/s1. The molecule has 0 radical (unpaired) electrons. The maximum absolute atomic E-state index is 13.3. The molecule has 0 amide bonds. The average molecular weight is 305 g/mol. The molecule has 0 bridgehead atoms. The molecule has 0 aromatic heterocycles. The first kappa shape index (κ1) is 15.3. The Bertz CT molecular complexity index is 695. The molecule has 0 saturated carbocycles. The van der Waals surface area contributed by atoms with Crippen molar-refractivity contribution in [3.05, 3.63) is 63.9 Å². The van der Waals surface area contributed by atoms with Crippen LogP contribution in [0.25, 0.3) is 0 Å². The lowest BCUT2D eigenvalue weighted by Gasteiger charge is -2.11. The number of ether oxygens (including phenoxy) is 1. The lowest BCUT2D eigenvalue weighted by Crippen LogP contribution is -2.05. The molecular weight excluding hydrogens is 291 g/mol. The molecule has 3 nitrogen and oxygen atoms in total. The van der Waals surface area contributed by atoms with E-state index in [1.54, 1.807) is 18.2 Å². The van der Waals surface area contributed by atoms with Crippen LogP contribution in [0.1, 0.15) is 29.7 Å². The Balaban J connectivity index is 2.13. The molecule has 2 N–H and O–H groups in total. The second-order valence-electron chi connectivity index (χ2n) is 4.73. The predicted octanol–water partition coefficient (Wildman–Crippen LogP) is 3.95. The van der Waals surface area contributed by atoms with Crippen molar-refractivity contribution in [2.75, 3.05) is 0 Å². The van der Waals surface area contributed by atoms with Gasteiger partial charge < -0.3 is 10.5 Å². The second-order valence-corrected chi connectivity index (χ2v) is 5.13. The van der Waals surface area contributed by atoms with E-state index in [4.69, 9.17) is 27.3 Å². The molecule has 5 heteroatoms. The summed E-state index contributed by atoms with van der Waals surface area (Å²) in [6, 6.07) is 11.2. The molecule has 1 atom stereocenters. The van der Waals surface area contributed by atoms with E-state index >= 15 is 0 Å². The van der Waals surface area contributed by atoms with Gasteiger partial charge in [-0.1, -0.05) is 17.7 Å². The SMILES string of the molecule is C[C@@H](N)c1ccc(OCc2cc(F)cc(C#N)c2)c(Cl)c1. The molecule has 0 heterocycles. The molecule has 2 rings (SSSR count). The van der Waals surface area contributed by atoms with E-state index < -0.39 is 5.82 Å². The van der Waals surface area contributed by atoms with Gasteiger partial charge in [-0.15, -0.1) is 0 Å². The molecule has 108 valence electrons. The Labute approximate surface area is 127 Å². The fraction of sp³-hybridized carbons (Fsp3) is 0.188. The van der Waals surface area contributed by atoms with Gasteiger partial charge in [-0.05, 0) is 48.4 Å². The summed E-state index contributed by atoms with van der Waals surface area (Å²) in [6.45, 7) is 1.99. The average Bonchev–Trinajstić information content (AvgIpc) is 2.45. The summed E-state index contributed by atoms with van der Waals surface area (Å²) >= 11 is 6.12.